The average molecular weight is 443 g/mol. The molecule has 0 atom stereocenters. The van der Waals surface area contributed by atoms with Gasteiger partial charge in [-0.1, -0.05) is 6.07 Å². The molecule has 0 aliphatic carbocycles. The number of aliphatic hydroxyl groups is 1. The molecule has 0 saturated carbocycles. The Morgan fingerprint density at radius 1 is 1.00 bits per heavy atom. The molecule has 174 valence electrons. The van der Waals surface area contributed by atoms with Gasteiger partial charge in [0.25, 0.3) is 0 Å². The van der Waals surface area contributed by atoms with Crippen molar-refractivity contribution in [1.82, 2.24) is 10.2 Å². The third-order valence-electron chi connectivity index (χ3n) is 5.34. The first-order valence-electron chi connectivity index (χ1n) is 11.0. The zero-order valence-corrected chi connectivity index (χ0v) is 19.2. The van der Waals surface area contributed by atoms with Crippen LogP contribution in [0.3, 0.4) is 0 Å². The standard InChI is InChI=1S/C24H34N4O4/c1-4-25-24(26-18-19-5-10-22(32-16-15-29)23(17-19)31-3)28-13-11-27(12-14-28)20-6-8-21(30-2)9-7-20/h5-10,17,29H,4,11-16,18H2,1-3H3,(H,25,26). The van der Waals surface area contributed by atoms with E-state index in [1.54, 1.807) is 14.2 Å². The first-order valence-corrected chi connectivity index (χ1v) is 11.0. The highest BCUT2D eigenvalue weighted by Gasteiger charge is 2.20. The van der Waals surface area contributed by atoms with Crippen molar-refractivity contribution in [3.63, 3.8) is 0 Å². The number of piperazine rings is 1. The van der Waals surface area contributed by atoms with Crippen LogP contribution in [-0.2, 0) is 6.54 Å². The van der Waals surface area contributed by atoms with Crippen LogP contribution in [0.1, 0.15) is 12.5 Å². The van der Waals surface area contributed by atoms with Gasteiger partial charge in [-0.15, -0.1) is 0 Å². The van der Waals surface area contributed by atoms with E-state index < -0.39 is 0 Å². The van der Waals surface area contributed by atoms with Crippen LogP contribution < -0.4 is 24.4 Å². The number of nitrogens with one attached hydrogen (secondary N) is 1. The van der Waals surface area contributed by atoms with Crippen LogP contribution in [0.25, 0.3) is 0 Å². The van der Waals surface area contributed by atoms with Gasteiger partial charge in [0.15, 0.2) is 17.5 Å². The topological polar surface area (TPSA) is 78.8 Å². The summed E-state index contributed by atoms with van der Waals surface area (Å²) in [5.41, 5.74) is 2.24. The molecule has 1 aliphatic heterocycles. The van der Waals surface area contributed by atoms with Crippen LogP contribution in [0, 0.1) is 0 Å². The van der Waals surface area contributed by atoms with Crippen molar-refractivity contribution in [2.45, 2.75) is 13.5 Å². The number of nitrogens with zero attached hydrogens (tertiary/aromatic N) is 3. The molecule has 1 fully saturated rings. The van der Waals surface area contributed by atoms with E-state index in [-0.39, 0.29) is 13.2 Å². The van der Waals surface area contributed by atoms with E-state index >= 15 is 0 Å². The summed E-state index contributed by atoms with van der Waals surface area (Å²) in [4.78, 5) is 9.54. The summed E-state index contributed by atoms with van der Waals surface area (Å²) in [5, 5.41) is 12.4. The second-order valence-corrected chi connectivity index (χ2v) is 7.40. The Kier molecular flexibility index (Phi) is 8.86. The van der Waals surface area contributed by atoms with Crippen molar-refractivity contribution in [3.8, 4) is 17.2 Å². The largest absolute Gasteiger partial charge is 0.497 e. The first-order chi connectivity index (χ1) is 15.7. The minimum absolute atomic E-state index is 0.0347. The van der Waals surface area contributed by atoms with E-state index in [0.29, 0.717) is 18.0 Å². The zero-order valence-electron chi connectivity index (χ0n) is 19.2. The number of methoxy groups -OCH3 is 2. The van der Waals surface area contributed by atoms with Crippen LogP contribution >= 0.6 is 0 Å². The van der Waals surface area contributed by atoms with Gasteiger partial charge >= 0.3 is 0 Å². The van der Waals surface area contributed by atoms with Crippen LogP contribution in [0.2, 0.25) is 0 Å². The van der Waals surface area contributed by atoms with Gasteiger partial charge in [0.2, 0.25) is 0 Å². The predicted octanol–water partition coefficient (Wildman–Crippen LogP) is 2.36. The van der Waals surface area contributed by atoms with E-state index in [9.17, 15) is 0 Å². The monoisotopic (exact) mass is 442 g/mol. The van der Waals surface area contributed by atoms with Crippen LogP contribution in [0.5, 0.6) is 17.2 Å². The first kappa shape index (κ1) is 23.5. The lowest BCUT2D eigenvalue weighted by atomic mass is 10.2. The van der Waals surface area contributed by atoms with Crippen molar-refractivity contribution in [1.29, 1.82) is 0 Å². The summed E-state index contributed by atoms with van der Waals surface area (Å²) in [6, 6.07) is 14.0. The van der Waals surface area contributed by atoms with Gasteiger partial charge in [-0.25, -0.2) is 4.99 Å². The van der Waals surface area contributed by atoms with Crippen LogP contribution in [-0.4, -0.2) is 76.1 Å². The van der Waals surface area contributed by atoms with Gasteiger partial charge in [0.1, 0.15) is 12.4 Å². The highest BCUT2D eigenvalue weighted by Crippen LogP contribution is 2.28. The highest BCUT2D eigenvalue weighted by atomic mass is 16.5. The number of aliphatic imine (C=N–C) groups is 1. The molecule has 8 nitrogen and oxygen atoms in total. The number of hydrogen-bond donors (Lipinski definition) is 2. The van der Waals surface area contributed by atoms with Crippen LogP contribution in [0.15, 0.2) is 47.5 Å². The summed E-state index contributed by atoms with van der Waals surface area (Å²) in [6.07, 6.45) is 0. The SMILES string of the molecule is CCNC(=NCc1ccc(OCCO)c(OC)c1)N1CCN(c2ccc(OC)cc2)CC1. The lowest BCUT2D eigenvalue weighted by molar-refractivity contribution is 0.196. The molecule has 0 spiro atoms. The summed E-state index contributed by atoms with van der Waals surface area (Å²) < 4.78 is 16.2. The fourth-order valence-electron chi connectivity index (χ4n) is 3.65. The molecular weight excluding hydrogens is 408 g/mol. The highest BCUT2D eigenvalue weighted by molar-refractivity contribution is 5.80. The maximum Gasteiger partial charge on any atom is 0.194 e. The minimum atomic E-state index is -0.0347. The smallest absolute Gasteiger partial charge is 0.194 e. The van der Waals surface area contributed by atoms with E-state index in [2.05, 4.69) is 34.2 Å². The molecule has 1 saturated heterocycles. The number of guanidine groups is 1. The van der Waals surface area contributed by atoms with Gasteiger partial charge in [-0.3, -0.25) is 0 Å². The molecule has 1 heterocycles. The van der Waals surface area contributed by atoms with E-state index in [0.717, 1.165) is 50.0 Å². The van der Waals surface area contributed by atoms with Gasteiger partial charge in [0.05, 0.1) is 27.4 Å². The lowest BCUT2D eigenvalue weighted by Gasteiger charge is -2.37. The average Bonchev–Trinajstić information content (AvgIpc) is 2.85. The molecule has 0 radical (unpaired) electrons. The molecule has 32 heavy (non-hydrogen) atoms. The van der Waals surface area contributed by atoms with Crippen molar-refractivity contribution < 1.29 is 19.3 Å². The lowest BCUT2D eigenvalue weighted by Crippen LogP contribution is -2.52. The number of hydrogen-bond acceptors (Lipinski definition) is 6. The Morgan fingerprint density at radius 2 is 1.75 bits per heavy atom. The molecule has 0 amide bonds. The molecule has 2 N–H and O–H groups in total. The van der Waals surface area contributed by atoms with Crippen molar-refractivity contribution in [2.75, 3.05) is 65.1 Å². The molecule has 1 aliphatic rings. The Balaban J connectivity index is 1.62. The number of ether oxygens (including phenoxy) is 3. The number of aliphatic hydroxyl groups excluding tert-OH is 1. The third kappa shape index (κ3) is 6.20. The quantitative estimate of drug-likeness (QED) is 0.456. The zero-order chi connectivity index (χ0) is 22.8. The maximum absolute atomic E-state index is 8.96. The summed E-state index contributed by atoms with van der Waals surface area (Å²) in [6.45, 7) is 7.30. The number of anilines is 1. The Bertz CT molecular complexity index is 865. The molecule has 8 heteroatoms. The van der Waals surface area contributed by atoms with Crippen molar-refractivity contribution >= 4 is 11.6 Å². The van der Waals surface area contributed by atoms with E-state index in [1.165, 1.54) is 5.69 Å². The molecule has 2 aromatic carbocycles. The van der Waals surface area contributed by atoms with Gasteiger partial charge < -0.3 is 34.4 Å². The minimum Gasteiger partial charge on any atom is -0.497 e. The summed E-state index contributed by atoms with van der Waals surface area (Å²) in [7, 11) is 3.30. The fraction of sp³-hybridized carbons (Fsp3) is 0.458. The summed E-state index contributed by atoms with van der Waals surface area (Å²) >= 11 is 0. The predicted molar refractivity (Wildman–Crippen MR) is 127 cm³/mol. The molecular formula is C24H34N4O4. The molecule has 2 aromatic rings. The Hall–Kier alpha value is -3.13. The van der Waals surface area contributed by atoms with Crippen LogP contribution in [0.4, 0.5) is 5.69 Å². The molecule has 0 aromatic heterocycles. The maximum atomic E-state index is 8.96. The summed E-state index contributed by atoms with van der Waals surface area (Å²) in [5.74, 6) is 3.06. The molecule has 0 unspecified atom stereocenters. The number of benzene rings is 2. The second kappa shape index (κ2) is 12.0. The Labute approximate surface area is 190 Å². The van der Waals surface area contributed by atoms with E-state index in [1.807, 2.05) is 30.3 Å². The van der Waals surface area contributed by atoms with Gasteiger partial charge in [-0.2, -0.15) is 0 Å². The fourth-order valence-corrected chi connectivity index (χ4v) is 3.65. The Morgan fingerprint density at radius 3 is 2.38 bits per heavy atom. The van der Waals surface area contributed by atoms with Crippen molar-refractivity contribution in [2.24, 2.45) is 4.99 Å². The van der Waals surface area contributed by atoms with Gasteiger partial charge in [0, 0.05) is 38.4 Å². The second-order valence-electron chi connectivity index (χ2n) is 7.40. The molecule has 0 bridgehead atoms. The third-order valence-corrected chi connectivity index (χ3v) is 5.34. The molecule has 3 rings (SSSR count). The normalized spacial score (nSPS) is 14.3. The number of rotatable bonds is 9. The van der Waals surface area contributed by atoms with Gasteiger partial charge in [-0.05, 0) is 48.9 Å². The van der Waals surface area contributed by atoms with E-state index in [4.69, 9.17) is 24.3 Å². The van der Waals surface area contributed by atoms with Crippen molar-refractivity contribution in [3.05, 3.63) is 48.0 Å².